The predicted octanol–water partition coefficient (Wildman–Crippen LogP) is 5.70. The van der Waals surface area contributed by atoms with E-state index in [0.29, 0.717) is 31.9 Å². The smallest absolute Gasteiger partial charge is 0.246 e. The molecule has 3 fully saturated rings. The maximum Gasteiger partial charge on any atom is 0.246 e. The van der Waals surface area contributed by atoms with Gasteiger partial charge >= 0.3 is 0 Å². The monoisotopic (exact) mass is 531 g/mol. The summed E-state index contributed by atoms with van der Waals surface area (Å²) < 4.78 is 5.94. The van der Waals surface area contributed by atoms with Gasteiger partial charge in [-0.15, -0.1) is 0 Å². The summed E-state index contributed by atoms with van der Waals surface area (Å²) >= 11 is 0. The average molecular weight is 532 g/mol. The number of hydrogen-bond acceptors (Lipinski definition) is 4. The first-order valence-corrected chi connectivity index (χ1v) is 15.2. The first-order valence-electron chi connectivity index (χ1n) is 15.2. The number of rotatable bonds is 10. The molecule has 0 radical (unpaired) electrons. The molecule has 2 saturated heterocycles. The van der Waals surface area contributed by atoms with Crippen molar-refractivity contribution in [2.75, 3.05) is 19.6 Å². The Morgan fingerprint density at radius 1 is 0.923 bits per heavy atom. The maximum atomic E-state index is 13.8. The first-order chi connectivity index (χ1) is 19.1. The van der Waals surface area contributed by atoms with Gasteiger partial charge in [-0.3, -0.25) is 14.5 Å². The number of piperidine rings is 1. The molecule has 2 aromatic rings. The molecule has 1 saturated carbocycles. The summed E-state index contributed by atoms with van der Waals surface area (Å²) in [5.74, 6) is 1.67. The van der Waals surface area contributed by atoms with E-state index in [-0.39, 0.29) is 17.9 Å². The number of hydrogen-bond donors (Lipinski definition) is 1. The van der Waals surface area contributed by atoms with Gasteiger partial charge < -0.3 is 15.0 Å². The highest BCUT2D eigenvalue weighted by Crippen LogP contribution is 2.36. The Balaban J connectivity index is 1.17. The van der Waals surface area contributed by atoms with Crippen molar-refractivity contribution >= 4 is 11.8 Å². The molecule has 1 N–H and O–H groups in total. The van der Waals surface area contributed by atoms with Crippen LogP contribution in [0.3, 0.4) is 0 Å². The second-order valence-corrected chi connectivity index (χ2v) is 11.8. The van der Waals surface area contributed by atoms with Gasteiger partial charge in [-0.2, -0.15) is 0 Å². The Labute approximate surface area is 234 Å². The number of amides is 2. The molecule has 2 amide bonds. The Morgan fingerprint density at radius 3 is 2.33 bits per heavy atom. The molecule has 5 rings (SSSR count). The van der Waals surface area contributed by atoms with Crippen molar-refractivity contribution in [2.45, 2.75) is 95.9 Å². The van der Waals surface area contributed by atoms with Gasteiger partial charge in [0.15, 0.2) is 0 Å². The van der Waals surface area contributed by atoms with Crippen LogP contribution in [0.2, 0.25) is 0 Å². The molecule has 1 unspecified atom stereocenters. The van der Waals surface area contributed by atoms with Gasteiger partial charge in [0.25, 0.3) is 0 Å². The quantitative estimate of drug-likeness (QED) is 0.427. The Hall–Kier alpha value is -2.86. The third-order valence-electron chi connectivity index (χ3n) is 9.10. The standard InChI is InChI=1S/C33H45N3O3/c1-2-3-20-36-31(37)30(23-26-10-6-4-7-11-26)34-32(38)33(36)18-21-35(22-19-33)24-27-14-16-29(17-15-27)39-25-28-12-8-5-9-13-28/h5,8-9,12-17,26,30H,2-4,6-7,10-11,18-25H2,1H3,(H,34,38). The van der Waals surface area contributed by atoms with Crippen molar-refractivity contribution in [1.29, 1.82) is 0 Å². The highest BCUT2D eigenvalue weighted by atomic mass is 16.5. The van der Waals surface area contributed by atoms with Gasteiger partial charge in [-0.05, 0) is 54.9 Å². The van der Waals surface area contributed by atoms with E-state index in [9.17, 15) is 9.59 Å². The van der Waals surface area contributed by atoms with E-state index in [1.54, 1.807) is 0 Å². The minimum Gasteiger partial charge on any atom is -0.489 e. The fourth-order valence-electron chi connectivity index (χ4n) is 6.70. The van der Waals surface area contributed by atoms with Crippen LogP contribution in [0, 0.1) is 5.92 Å². The molecule has 1 atom stereocenters. The molecule has 0 aromatic heterocycles. The van der Waals surface area contributed by atoms with Gasteiger partial charge in [0, 0.05) is 26.2 Å². The lowest BCUT2D eigenvalue weighted by atomic mass is 9.79. The number of benzene rings is 2. The lowest BCUT2D eigenvalue weighted by molar-refractivity contribution is -0.162. The van der Waals surface area contributed by atoms with Crippen molar-refractivity contribution in [3.8, 4) is 5.75 Å². The van der Waals surface area contributed by atoms with Crippen molar-refractivity contribution < 1.29 is 14.3 Å². The van der Waals surface area contributed by atoms with E-state index in [1.807, 2.05) is 35.2 Å². The van der Waals surface area contributed by atoms with Crippen LogP contribution in [-0.2, 0) is 22.7 Å². The molecule has 1 spiro atoms. The molecule has 2 aliphatic heterocycles. The van der Waals surface area contributed by atoms with E-state index in [0.717, 1.165) is 50.2 Å². The van der Waals surface area contributed by atoms with E-state index < -0.39 is 5.54 Å². The third-order valence-corrected chi connectivity index (χ3v) is 9.10. The van der Waals surface area contributed by atoms with Gasteiger partial charge in [-0.25, -0.2) is 0 Å². The van der Waals surface area contributed by atoms with Crippen molar-refractivity contribution in [3.05, 3.63) is 65.7 Å². The number of nitrogens with one attached hydrogen (secondary N) is 1. The van der Waals surface area contributed by atoms with Gasteiger partial charge in [0.05, 0.1) is 0 Å². The minimum absolute atomic E-state index is 0.0820. The van der Waals surface area contributed by atoms with Crippen LogP contribution < -0.4 is 10.1 Å². The second kappa shape index (κ2) is 13.0. The topological polar surface area (TPSA) is 61.9 Å². The SMILES string of the molecule is CCCCN1C(=O)C(CC2CCCCC2)NC(=O)C12CCN(Cc1ccc(OCc3ccccc3)cc1)CC2. The molecule has 1 aliphatic carbocycles. The van der Waals surface area contributed by atoms with Crippen LogP contribution in [-0.4, -0.2) is 52.8 Å². The summed E-state index contributed by atoms with van der Waals surface area (Å²) in [6.07, 6.45) is 10.3. The van der Waals surface area contributed by atoms with E-state index in [4.69, 9.17) is 4.74 Å². The molecule has 2 heterocycles. The van der Waals surface area contributed by atoms with Crippen LogP contribution in [0.15, 0.2) is 54.6 Å². The van der Waals surface area contributed by atoms with Gasteiger partial charge in [0.1, 0.15) is 23.9 Å². The van der Waals surface area contributed by atoms with Crippen LogP contribution in [0.4, 0.5) is 0 Å². The number of unbranched alkanes of at least 4 members (excludes halogenated alkanes) is 1. The van der Waals surface area contributed by atoms with E-state index in [1.165, 1.54) is 37.7 Å². The summed E-state index contributed by atoms with van der Waals surface area (Å²) in [6.45, 7) is 5.86. The summed E-state index contributed by atoms with van der Waals surface area (Å²) in [4.78, 5) is 31.8. The lowest BCUT2D eigenvalue weighted by Gasteiger charge is -2.52. The summed E-state index contributed by atoms with van der Waals surface area (Å²) in [5, 5.41) is 3.21. The van der Waals surface area contributed by atoms with Gasteiger partial charge in [0.2, 0.25) is 11.8 Å². The molecule has 2 aromatic carbocycles. The van der Waals surface area contributed by atoms with Crippen molar-refractivity contribution in [3.63, 3.8) is 0 Å². The largest absolute Gasteiger partial charge is 0.489 e. The zero-order valence-corrected chi connectivity index (χ0v) is 23.6. The molecular formula is C33H45N3O3. The van der Waals surface area contributed by atoms with Crippen LogP contribution in [0.1, 0.15) is 82.3 Å². The van der Waals surface area contributed by atoms with E-state index >= 15 is 0 Å². The molecule has 39 heavy (non-hydrogen) atoms. The zero-order valence-electron chi connectivity index (χ0n) is 23.6. The third kappa shape index (κ3) is 6.66. The van der Waals surface area contributed by atoms with Crippen LogP contribution in [0.5, 0.6) is 5.75 Å². The number of carbonyl (C=O) groups excluding carboxylic acids is 2. The van der Waals surface area contributed by atoms with Crippen LogP contribution in [0.25, 0.3) is 0 Å². The van der Waals surface area contributed by atoms with E-state index in [2.05, 4.69) is 41.4 Å². The number of nitrogens with zero attached hydrogens (tertiary/aromatic N) is 2. The number of likely N-dealkylation sites (tertiary alicyclic amines) is 1. The Morgan fingerprint density at radius 2 is 1.64 bits per heavy atom. The summed E-state index contributed by atoms with van der Waals surface area (Å²) in [5.41, 5.74) is 1.70. The highest BCUT2D eigenvalue weighted by molar-refractivity contribution is 6.00. The predicted molar refractivity (Wildman–Crippen MR) is 154 cm³/mol. The van der Waals surface area contributed by atoms with Crippen LogP contribution >= 0.6 is 0 Å². The molecule has 6 heteroatoms. The zero-order chi connectivity index (χ0) is 27.1. The Bertz CT molecular complexity index is 1070. The molecular weight excluding hydrogens is 486 g/mol. The molecule has 210 valence electrons. The summed E-state index contributed by atoms with van der Waals surface area (Å²) in [7, 11) is 0. The Kier molecular flexibility index (Phi) is 9.23. The fourth-order valence-corrected chi connectivity index (χ4v) is 6.70. The number of carbonyl (C=O) groups is 2. The van der Waals surface area contributed by atoms with Crippen molar-refractivity contribution in [1.82, 2.24) is 15.1 Å². The highest BCUT2D eigenvalue weighted by Gasteiger charge is 2.53. The molecule has 0 bridgehead atoms. The normalized spacial score (nSPS) is 22.2. The second-order valence-electron chi connectivity index (χ2n) is 11.8. The fraction of sp³-hybridized carbons (Fsp3) is 0.576. The average Bonchev–Trinajstić information content (AvgIpc) is 2.98. The van der Waals surface area contributed by atoms with Gasteiger partial charge in [-0.1, -0.05) is 87.9 Å². The molecule has 3 aliphatic rings. The minimum atomic E-state index is -0.693. The number of ether oxygens (including phenoxy) is 1. The maximum absolute atomic E-state index is 13.8. The lowest BCUT2D eigenvalue weighted by Crippen LogP contribution is -2.73. The number of piperazine rings is 1. The first kappa shape index (κ1) is 27.7. The van der Waals surface area contributed by atoms with Crippen molar-refractivity contribution in [2.24, 2.45) is 5.92 Å². The summed E-state index contributed by atoms with van der Waals surface area (Å²) in [6, 6.07) is 18.2. The molecule has 6 nitrogen and oxygen atoms in total.